The molecule has 1 amide bonds. The van der Waals surface area contributed by atoms with Gasteiger partial charge in [0.25, 0.3) is 0 Å². The van der Waals surface area contributed by atoms with Crippen molar-refractivity contribution in [2.45, 2.75) is 98.6 Å². The number of nitrogens with one attached hydrogen (secondary N) is 1. The highest BCUT2D eigenvalue weighted by Crippen LogP contribution is 2.18. The summed E-state index contributed by atoms with van der Waals surface area (Å²) in [5.74, 6) is -0.333. The Labute approximate surface area is 258 Å². The number of amides is 1. The summed E-state index contributed by atoms with van der Waals surface area (Å²) in [6.45, 7) is 12.3. The molecule has 2 unspecified atom stereocenters. The number of ether oxygens (including phenoxy) is 2. The second-order valence-corrected chi connectivity index (χ2v) is 12.4. The van der Waals surface area contributed by atoms with Crippen molar-refractivity contribution >= 4 is 23.6 Å². The maximum Gasteiger partial charge on any atom is 0.328 e. The molecule has 0 bridgehead atoms. The molecule has 0 radical (unpaired) electrons. The second-order valence-electron chi connectivity index (χ2n) is 12.4. The van der Waals surface area contributed by atoms with Crippen LogP contribution in [0, 0.1) is 11.3 Å². The van der Waals surface area contributed by atoms with Crippen LogP contribution < -0.4 is 11.1 Å². The largest absolute Gasteiger partial charge is 0.464 e. The maximum absolute atomic E-state index is 12.8. The van der Waals surface area contributed by atoms with Crippen LogP contribution in [0.4, 0.5) is 0 Å². The number of benzene rings is 2. The van der Waals surface area contributed by atoms with Gasteiger partial charge in [0.1, 0.15) is 17.9 Å². The summed E-state index contributed by atoms with van der Waals surface area (Å²) in [5, 5.41) is 2.78. The smallest absolute Gasteiger partial charge is 0.328 e. The van der Waals surface area contributed by atoms with E-state index in [1.165, 1.54) is 0 Å². The highest BCUT2D eigenvalue weighted by molar-refractivity contribution is 5.85. The van der Waals surface area contributed by atoms with Gasteiger partial charge in [0.05, 0.1) is 13.2 Å². The van der Waals surface area contributed by atoms with Crippen LogP contribution >= 0.6 is 0 Å². The van der Waals surface area contributed by atoms with E-state index >= 15 is 0 Å². The standard InChI is InChI=1S/C31H42N2O6.C4H10/c1-31(2,3)27(34)17-10-11-18-28(35)33-26(22-24-15-8-5-9-16-24)30(37)39-20-12-19-38-29(36)25(32)21-23-13-6-4-7-14-23;1-4(2)3/h4-9,13-16,25-26H,10-12,17-22,32H2,1-3H3,(H,33,35);4H,1-3H3. The molecule has 8 nitrogen and oxygen atoms in total. The van der Waals surface area contributed by atoms with Crippen LogP contribution in [0.2, 0.25) is 0 Å². The van der Waals surface area contributed by atoms with Gasteiger partial charge in [0.2, 0.25) is 5.91 Å². The molecule has 0 aromatic heterocycles. The van der Waals surface area contributed by atoms with Gasteiger partial charge < -0.3 is 20.5 Å². The Hall–Kier alpha value is -3.52. The number of nitrogens with two attached hydrogens (primary N) is 1. The van der Waals surface area contributed by atoms with Crippen LogP contribution in [0.25, 0.3) is 0 Å². The SMILES string of the molecule is CC(C)(C)C(=O)CCCCC(=O)NC(Cc1ccccc1)C(=O)OCCCOC(=O)C(N)Cc1ccccc1.CC(C)C. The molecule has 0 heterocycles. The fraction of sp³-hybridized carbons (Fsp3) is 0.543. The van der Waals surface area contributed by atoms with Gasteiger partial charge in [-0.15, -0.1) is 0 Å². The monoisotopic (exact) mass is 596 g/mol. The number of ketones is 1. The van der Waals surface area contributed by atoms with Crippen LogP contribution in [-0.2, 0) is 41.5 Å². The molecule has 0 fully saturated rings. The van der Waals surface area contributed by atoms with Gasteiger partial charge in [-0.3, -0.25) is 14.4 Å². The van der Waals surface area contributed by atoms with E-state index in [1.807, 2.05) is 81.4 Å². The van der Waals surface area contributed by atoms with E-state index in [0.29, 0.717) is 32.1 Å². The molecule has 0 saturated carbocycles. The minimum absolute atomic E-state index is 0.0378. The van der Waals surface area contributed by atoms with Crippen LogP contribution in [0.3, 0.4) is 0 Å². The number of hydrogen-bond donors (Lipinski definition) is 2. The zero-order valence-electron chi connectivity index (χ0n) is 26.9. The average molecular weight is 597 g/mol. The van der Waals surface area contributed by atoms with Crippen molar-refractivity contribution < 1.29 is 28.7 Å². The molecule has 2 aromatic rings. The van der Waals surface area contributed by atoms with Gasteiger partial charge in [-0.1, -0.05) is 102 Å². The van der Waals surface area contributed by atoms with E-state index in [0.717, 1.165) is 17.0 Å². The molecule has 0 saturated heterocycles. The predicted octanol–water partition coefficient (Wildman–Crippen LogP) is 5.60. The zero-order valence-corrected chi connectivity index (χ0v) is 26.9. The normalized spacial score (nSPS) is 12.4. The summed E-state index contributed by atoms with van der Waals surface area (Å²) in [7, 11) is 0. The molecule has 43 heavy (non-hydrogen) atoms. The van der Waals surface area contributed by atoms with E-state index in [4.69, 9.17) is 15.2 Å². The molecule has 238 valence electrons. The summed E-state index contributed by atoms with van der Waals surface area (Å²) in [6.07, 6.45) is 2.79. The first-order chi connectivity index (χ1) is 20.3. The lowest BCUT2D eigenvalue weighted by Crippen LogP contribution is -2.43. The molecule has 0 aliphatic carbocycles. The van der Waals surface area contributed by atoms with Gasteiger partial charge in [-0.2, -0.15) is 0 Å². The Balaban J connectivity index is 0.00000217. The number of rotatable bonds is 16. The van der Waals surface area contributed by atoms with Crippen molar-refractivity contribution in [2.24, 2.45) is 17.1 Å². The van der Waals surface area contributed by atoms with E-state index in [-0.39, 0.29) is 43.2 Å². The lowest BCUT2D eigenvalue weighted by Gasteiger charge is -2.18. The molecule has 0 spiro atoms. The predicted molar refractivity (Wildman–Crippen MR) is 170 cm³/mol. The van der Waals surface area contributed by atoms with Crippen molar-refractivity contribution in [3.63, 3.8) is 0 Å². The van der Waals surface area contributed by atoms with Crippen molar-refractivity contribution in [3.8, 4) is 0 Å². The fourth-order valence-corrected chi connectivity index (χ4v) is 3.82. The Morgan fingerprint density at radius 2 is 1.19 bits per heavy atom. The van der Waals surface area contributed by atoms with Crippen molar-refractivity contribution in [1.82, 2.24) is 5.32 Å². The number of Topliss-reactive ketones (excluding diaryl/α,β-unsaturated/α-hetero) is 1. The molecule has 2 rings (SSSR count). The summed E-state index contributed by atoms with van der Waals surface area (Å²) < 4.78 is 10.6. The topological polar surface area (TPSA) is 125 Å². The van der Waals surface area contributed by atoms with E-state index < -0.39 is 24.0 Å². The number of hydrogen-bond acceptors (Lipinski definition) is 7. The van der Waals surface area contributed by atoms with Crippen LogP contribution in [0.1, 0.15) is 84.8 Å². The Kier molecular flexibility index (Phi) is 17.8. The quantitative estimate of drug-likeness (QED) is 0.191. The number of carbonyl (C=O) groups excluding carboxylic acids is 4. The molecular formula is C35H52N2O6. The van der Waals surface area contributed by atoms with Crippen molar-refractivity contribution in [3.05, 3.63) is 71.8 Å². The molecular weight excluding hydrogens is 544 g/mol. The van der Waals surface area contributed by atoms with E-state index in [1.54, 1.807) is 0 Å². The minimum Gasteiger partial charge on any atom is -0.464 e. The molecule has 2 atom stereocenters. The Bertz CT molecular complexity index is 1090. The van der Waals surface area contributed by atoms with Crippen LogP contribution in [-0.4, -0.2) is 48.9 Å². The summed E-state index contributed by atoms with van der Waals surface area (Å²) in [6, 6.07) is 17.2. The van der Waals surface area contributed by atoms with Crippen LogP contribution in [0.15, 0.2) is 60.7 Å². The highest BCUT2D eigenvalue weighted by Gasteiger charge is 2.24. The lowest BCUT2D eigenvalue weighted by atomic mass is 9.88. The molecule has 0 aliphatic rings. The van der Waals surface area contributed by atoms with Crippen molar-refractivity contribution in [1.29, 1.82) is 0 Å². The van der Waals surface area contributed by atoms with Gasteiger partial charge >= 0.3 is 11.9 Å². The van der Waals surface area contributed by atoms with Gasteiger partial charge in [-0.05, 0) is 36.3 Å². The molecule has 2 aromatic carbocycles. The first-order valence-electron chi connectivity index (χ1n) is 15.3. The summed E-state index contributed by atoms with van der Waals surface area (Å²) in [5.41, 5.74) is 7.37. The zero-order chi connectivity index (χ0) is 32.3. The Morgan fingerprint density at radius 1 is 0.721 bits per heavy atom. The number of carbonyl (C=O) groups is 4. The second kappa shape index (κ2) is 20.4. The van der Waals surface area contributed by atoms with Gasteiger partial charge in [0, 0.05) is 31.1 Å². The lowest BCUT2D eigenvalue weighted by molar-refractivity contribution is -0.149. The van der Waals surface area contributed by atoms with Gasteiger partial charge in [-0.25, -0.2) is 4.79 Å². The van der Waals surface area contributed by atoms with E-state index in [9.17, 15) is 19.2 Å². The van der Waals surface area contributed by atoms with Crippen molar-refractivity contribution in [2.75, 3.05) is 13.2 Å². The summed E-state index contributed by atoms with van der Waals surface area (Å²) >= 11 is 0. The summed E-state index contributed by atoms with van der Waals surface area (Å²) in [4.78, 5) is 49.6. The van der Waals surface area contributed by atoms with Crippen LogP contribution in [0.5, 0.6) is 0 Å². The first-order valence-corrected chi connectivity index (χ1v) is 15.3. The number of unbranched alkanes of at least 4 members (excludes halogenated alkanes) is 1. The Morgan fingerprint density at radius 3 is 1.70 bits per heavy atom. The van der Waals surface area contributed by atoms with E-state index in [2.05, 4.69) is 26.1 Å². The third kappa shape index (κ3) is 17.9. The average Bonchev–Trinajstić information content (AvgIpc) is 2.94. The highest BCUT2D eigenvalue weighted by atomic mass is 16.5. The molecule has 3 N–H and O–H groups in total. The first kappa shape index (κ1) is 37.5. The minimum atomic E-state index is -0.849. The maximum atomic E-state index is 12.8. The fourth-order valence-electron chi connectivity index (χ4n) is 3.82. The third-order valence-corrected chi connectivity index (χ3v) is 6.18. The number of esters is 2. The molecule has 0 aliphatic heterocycles. The van der Waals surface area contributed by atoms with Gasteiger partial charge in [0.15, 0.2) is 0 Å². The molecule has 8 heteroatoms. The third-order valence-electron chi connectivity index (χ3n) is 6.18.